The van der Waals surface area contributed by atoms with Crippen LogP contribution in [0.2, 0.25) is 0 Å². The first-order valence-electron chi connectivity index (χ1n) is 8.38. The monoisotopic (exact) mass is 350 g/mol. The molecule has 3 aromatic rings. The zero-order chi connectivity index (χ0) is 17.9. The number of benzene rings is 2. The molecule has 2 aromatic carbocycles. The van der Waals surface area contributed by atoms with Gasteiger partial charge in [-0.15, -0.1) is 0 Å². The fourth-order valence-electron chi connectivity index (χ4n) is 3.07. The number of nitrogens with zero attached hydrogens (tertiary/aromatic N) is 5. The van der Waals surface area contributed by atoms with Crippen molar-refractivity contribution in [1.82, 2.24) is 25.5 Å². The Bertz CT molecular complexity index is 894. The Morgan fingerprint density at radius 1 is 1.08 bits per heavy atom. The molecule has 1 fully saturated rings. The van der Waals surface area contributed by atoms with Crippen molar-refractivity contribution in [1.29, 1.82) is 0 Å². The largest absolute Gasteiger partial charge is 0.480 e. The topological polar surface area (TPSA) is 96.2 Å². The van der Waals surface area contributed by atoms with Crippen LogP contribution >= 0.6 is 0 Å². The van der Waals surface area contributed by atoms with Gasteiger partial charge in [0.05, 0.1) is 5.69 Å². The van der Waals surface area contributed by atoms with Crippen LogP contribution in [0.5, 0.6) is 0 Å². The van der Waals surface area contributed by atoms with Gasteiger partial charge in [-0.1, -0.05) is 47.6 Å². The zero-order valence-electron chi connectivity index (χ0n) is 14.0. The van der Waals surface area contributed by atoms with Crippen LogP contribution in [0.25, 0.3) is 16.8 Å². The van der Waals surface area contributed by atoms with Crippen molar-refractivity contribution in [2.75, 3.05) is 24.5 Å². The number of hydrogen-bond acceptors (Lipinski definition) is 6. The quantitative estimate of drug-likeness (QED) is 0.730. The number of anilines is 1. The lowest BCUT2D eigenvalue weighted by Crippen LogP contribution is -2.54. The Balaban J connectivity index is 1.60. The Morgan fingerprint density at radius 2 is 1.81 bits per heavy atom. The number of piperazine rings is 1. The van der Waals surface area contributed by atoms with Gasteiger partial charge in [-0.25, -0.2) is 0 Å². The molecule has 1 aliphatic heterocycles. The van der Waals surface area contributed by atoms with Gasteiger partial charge >= 0.3 is 5.97 Å². The second-order valence-electron chi connectivity index (χ2n) is 6.09. The van der Waals surface area contributed by atoms with Crippen LogP contribution in [0.3, 0.4) is 0 Å². The molecule has 1 aliphatic rings. The van der Waals surface area contributed by atoms with Gasteiger partial charge in [-0.05, 0) is 33.7 Å². The third kappa shape index (κ3) is 3.14. The lowest BCUT2D eigenvalue weighted by molar-refractivity contribution is -0.139. The molecule has 0 saturated carbocycles. The molecule has 0 unspecified atom stereocenters. The third-order valence-electron chi connectivity index (χ3n) is 4.43. The van der Waals surface area contributed by atoms with Crippen molar-refractivity contribution in [2.24, 2.45) is 0 Å². The van der Waals surface area contributed by atoms with E-state index in [2.05, 4.69) is 33.0 Å². The summed E-state index contributed by atoms with van der Waals surface area (Å²) < 4.78 is 1.64. The predicted molar refractivity (Wildman–Crippen MR) is 96.2 cm³/mol. The number of nitrogens with one attached hydrogen (secondary N) is 1. The summed E-state index contributed by atoms with van der Waals surface area (Å²) in [6.07, 6.45) is 0. The molecule has 2 N–H and O–H groups in total. The van der Waals surface area contributed by atoms with Gasteiger partial charge < -0.3 is 15.3 Å². The van der Waals surface area contributed by atoms with Crippen LogP contribution in [0.15, 0.2) is 54.6 Å². The molecule has 26 heavy (non-hydrogen) atoms. The fraction of sp³-hybridized carbons (Fsp3) is 0.222. The van der Waals surface area contributed by atoms with E-state index in [1.54, 1.807) is 4.68 Å². The molecule has 2 heterocycles. The van der Waals surface area contributed by atoms with E-state index in [4.69, 9.17) is 0 Å². The average molecular weight is 350 g/mol. The molecule has 0 spiro atoms. The van der Waals surface area contributed by atoms with E-state index in [-0.39, 0.29) is 0 Å². The van der Waals surface area contributed by atoms with E-state index < -0.39 is 12.0 Å². The Morgan fingerprint density at radius 3 is 2.54 bits per heavy atom. The first-order chi connectivity index (χ1) is 12.7. The first kappa shape index (κ1) is 16.2. The highest BCUT2D eigenvalue weighted by molar-refractivity contribution is 5.74. The molecule has 0 amide bonds. The molecule has 0 bridgehead atoms. The first-order valence-corrected chi connectivity index (χ1v) is 8.38. The minimum atomic E-state index is -0.874. The van der Waals surface area contributed by atoms with Crippen LogP contribution in [0.4, 0.5) is 5.95 Å². The normalized spacial score (nSPS) is 17.2. The van der Waals surface area contributed by atoms with Crippen molar-refractivity contribution in [2.45, 2.75) is 6.04 Å². The molecule has 132 valence electrons. The van der Waals surface area contributed by atoms with Crippen molar-refractivity contribution in [3.63, 3.8) is 0 Å². The summed E-state index contributed by atoms with van der Waals surface area (Å²) in [5.74, 6) is -0.328. The molecule has 8 heteroatoms. The Kier molecular flexibility index (Phi) is 4.32. The lowest BCUT2D eigenvalue weighted by Gasteiger charge is -2.31. The van der Waals surface area contributed by atoms with E-state index in [9.17, 15) is 9.90 Å². The summed E-state index contributed by atoms with van der Waals surface area (Å²) in [6, 6.07) is 17.4. The summed E-state index contributed by atoms with van der Waals surface area (Å²) in [7, 11) is 0. The minimum Gasteiger partial charge on any atom is -0.480 e. The molecule has 8 nitrogen and oxygen atoms in total. The van der Waals surface area contributed by atoms with Gasteiger partial charge in [0.1, 0.15) is 6.04 Å². The fourth-order valence-corrected chi connectivity index (χ4v) is 3.07. The zero-order valence-corrected chi connectivity index (χ0v) is 14.0. The summed E-state index contributed by atoms with van der Waals surface area (Å²) in [6.45, 7) is 1.53. The molecular weight excluding hydrogens is 332 g/mol. The summed E-state index contributed by atoms with van der Waals surface area (Å²) in [4.78, 5) is 13.1. The highest BCUT2D eigenvalue weighted by Crippen LogP contribution is 2.22. The van der Waals surface area contributed by atoms with E-state index in [1.807, 2.05) is 47.4 Å². The molecule has 1 atom stereocenters. The summed E-state index contributed by atoms with van der Waals surface area (Å²) in [5.41, 5.74) is 3.08. The summed E-state index contributed by atoms with van der Waals surface area (Å²) in [5, 5.41) is 24.2. The summed E-state index contributed by atoms with van der Waals surface area (Å²) >= 11 is 0. The maximum Gasteiger partial charge on any atom is 0.322 e. The molecule has 0 aliphatic carbocycles. The molecule has 4 rings (SSSR count). The van der Waals surface area contributed by atoms with Crippen LogP contribution in [0.1, 0.15) is 0 Å². The highest BCUT2D eigenvalue weighted by atomic mass is 16.4. The van der Waals surface area contributed by atoms with E-state index in [0.717, 1.165) is 16.8 Å². The molecular formula is C18H18N6O2. The molecule has 1 saturated heterocycles. The predicted octanol–water partition coefficient (Wildman–Crippen LogP) is 1.19. The Hall–Kier alpha value is -3.26. The van der Waals surface area contributed by atoms with Crippen LogP contribution in [-0.4, -0.2) is 57.0 Å². The SMILES string of the molecule is O=C(O)[C@H]1CN(c2nnnn2-c2ccc(-c3ccccc3)cc2)CCN1. The number of carboxylic acids is 1. The van der Waals surface area contributed by atoms with Gasteiger partial charge in [-0.2, -0.15) is 4.68 Å². The van der Waals surface area contributed by atoms with Crippen molar-refractivity contribution in [3.8, 4) is 16.8 Å². The number of carboxylic acid groups (broad SMARTS) is 1. The minimum absolute atomic E-state index is 0.317. The second-order valence-corrected chi connectivity index (χ2v) is 6.09. The number of tetrazole rings is 1. The standard InChI is InChI=1S/C18H18N6O2/c25-17(26)16-12-23(11-10-19-16)18-20-21-22-24(18)15-8-6-14(7-9-15)13-4-2-1-3-5-13/h1-9,16,19H,10-12H2,(H,25,26)/t16-/m1/s1. The van der Waals surface area contributed by atoms with Gasteiger partial charge in [0.15, 0.2) is 0 Å². The number of carbonyl (C=O) groups is 1. The molecule has 1 aromatic heterocycles. The van der Waals surface area contributed by atoms with Crippen molar-refractivity contribution in [3.05, 3.63) is 54.6 Å². The van der Waals surface area contributed by atoms with Crippen LogP contribution in [-0.2, 0) is 4.79 Å². The van der Waals surface area contributed by atoms with E-state index in [0.29, 0.717) is 25.6 Å². The van der Waals surface area contributed by atoms with Gasteiger partial charge in [0.2, 0.25) is 5.95 Å². The van der Waals surface area contributed by atoms with E-state index in [1.165, 1.54) is 0 Å². The van der Waals surface area contributed by atoms with Gasteiger partial charge in [-0.3, -0.25) is 4.79 Å². The second kappa shape index (κ2) is 6.93. The van der Waals surface area contributed by atoms with Crippen molar-refractivity contribution >= 4 is 11.9 Å². The number of hydrogen-bond donors (Lipinski definition) is 2. The highest BCUT2D eigenvalue weighted by Gasteiger charge is 2.28. The smallest absolute Gasteiger partial charge is 0.322 e. The lowest BCUT2D eigenvalue weighted by atomic mass is 10.1. The van der Waals surface area contributed by atoms with Crippen LogP contribution < -0.4 is 10.2 Å². The number of rotatable bonds is 4. The molecule has 0 radical (unpaired) electrons. The van der Waals surface area contributed by atoms with Crippen molar-refractivity contribution < 1.29 is 9.90 Å². The average Bonchev–Trinajstić information content (AvgIpc) is 3.19. The third-order valence-corrected chi connectivity index (χ3v) is 4.43. The maximum atomic E-state index is 11.2. The van der Waals surface area contributed by atoms with Gasteiger partial charge in [0.25, 0.3) is 0 Å². The maximum absolute atomic E-state index is 11.2. The van der Waals surface area contributed by atoms with Crippen LogP contribution in [0, 0.1) is 0 Å². The number of aromatic nitrogens is 4. The Labute approximate surface area is 150 Å². The number of aliphatic carboxylic acids is 1. The van der Waals surface area contributed by atoms with Gasteiger partial charge in [0, 0.05) is 19.6 Å². The van der Waals surface area contributed by atoms with E-state index >= 15 is 0 Å².